The number of carbonyl (C=O) groups is 4. The Bertz CT molecular complexity index is 1940. The van der Waals surface area contributed by atoms with Crippen molar-refractivity contribution in [2.24, 2.45) is 23.7 Å². The lowest BCUT2D eigenvalue weighted by molar-refractivity contribution is -0.161. The van der Waals surface area contributed by atoms with E-state index in [0.29, 0.717) is 25.7 Å². The topological polar surface area (TPSA) is 237 Å². The first kappa shape index (κ1) is 97.1. The van der Waals surface area contributed by atoms with Crippen LogP contribution in [0, 0.1) is 23.7 Å². The van der Waals surface area contributed by atoms with Crippen LogP contribution < -0.4 is 0 Å². The van der Waals surface area contributed by atoms with Crippen molar-refractivity contribution < 1.29 is 80.2 Å². The fraction of sp³-hybridized carbons (Fsp3) is 0.950. The van der Waals surface area contributed by atoms with Gasteiger partial charge in [0.15, 0.2) is 12.2 Å². The molecule has 588 valence electrons. The number of hydrogen-bond acceptors (Lipinski definition) is 15. The third-order valence-corrected chi connectivity index (χ3v) is 21.2. The first-order chi connectivity index (χ1) is 47.7. The molecule has 0 aromatic rings. The van der Waals surface area contributed by atoms with Crippen LogP contribution in [0.1, 0.15) is 409 Å². The summed E-state index contributed by atoms with van der Waals surface area (Å²) in [4.78, 5) is 73.0. The molecule has 0 aliphatic heterocycles. The molecule has 0 saturated heterocycles. The molecule has 3 N–H and O–H groups in total. The van der Waals surface area contributed by atoms with Gasteiger partial charge < -0.3 is 33.8 Å². The Morgan fingerprint density at radius 2 is 0.485 bits per heavy atom. The second-order valence-corrected chi connectivity index (χ2v) is 33.1. The highest BCUT2D eigenvalue weighted by molar-refractivity contribution is 7.47. The average Bonchev–Trinajstić information content (AvgIpc) is 1.01. The maximum absolute atomic E-state index is 13.1. The van der Waals surface area contributed by atoms with Gasteiger partial charge in [0.2, 0.25) is 0 Å². The van der Waals surface area contributed by atoms with Crippen molar-refractivity contribution in [1.29, 1.82) is 0 Å². The molecule has 17 nitrogen and oxygen atoms in total. The van der Waals surface area contributed by atoms with Gasteiger partial charge >= 0.3 is 39.5 Å². The molecule has 0 spiro atoms. The van der Waals surface area contributed by atoms with Crippen molar-refractivity contribution in [3.8, 4) is 0 Å². The highest BCUT2D eigenvalue weighted by Crippen LogP contribution is 2.45. The zero-order valence-electron chi connectivity index (χ0n) is 65.1. The quantitative estimate of drug-likeness (QED) is 0.0222. The number of unbranched alkanes of at least 4 members (excludes halogenated alkanes) is 41. The molecule has 0 aromatic carbocycles. The minimum atomic E-state index is -4.96. The van der Waals surface area contributed by atoms with E-state index >= 15 is 0 Å². The third-order valence-electron chi connectivity index (χ3n) is 19.3. The zero-order chi connectivity index (χ0) is 73.1. The summed E-state index contributed by atoms with van der Waals surface area (Å²) in [5.41, 5.74) is 0. The molecular formula is C80H156O17P2. The van der Waals surface area contributed by atoms with E-state index in [4.69, 9.17) is 37.0 Å². The first-order valence-corrected chi connectivity index (χ1v) is 44.3. The van der Waals surface area contributed by atoms with Crippen molar-refractivity contribution in [3.63, 3.8) is 0 Å². The molecular weight excluding hydrogens is 1290 g/mol. The Morgan fingerprint density at radius 3 is 0.717 bits per heavy atom. The molecule has 0 aliphatic carbocycles. The minimum Gasteiger partial charge on any atom is -0.462 e. The van der Waals surface area contributed by atoms with E-state index in [-0.39, 0.29) is 25.7 Å². The molecule has 0 radical (unpaired) electrons. The molecule has 0 amide bonds. The Kier molecular flexibility index (Phi) is 67.8. The van der Waals surface area contributed by atoms with E-state index in [1.54, 1.807) is 0 Å². The molecule has 0 aliphatic rings. The largest absolute Gasteiger partial charge is 0.472 e. The smallest absolute Gasteiger partial charge is 0.462 e. The van der Waals surface area contributed by atoms with Crippen molar-refractivity contribution in [1.82, 2.24) is 0 Å². The lowest BCUT2D eigenvalue weighted by Gasteiger charge is -2.21. The molecule has 0 bridgehead atoms. The summed E-state index contributed by atoms with van der Waals surface area (Å²) in [7, 11) is -9.92. The number of ether oxygens (including phenoxy) is 4. The number of hydrogen-bond donors (Lipinski definition) is 3. The Morgan fingerprint density at radius 1 is 0.283 bits per heavy atom. The van der Waals surface area contributed by atoms with Crippen molar-refractivity contribution in [2.45, 2.75) is 427 Å². The van der Waals surface area contributed by atoms with E-state index < -0.39 is 97.5 Å². The summed E-state index contributed by atoms with van der Waals surface area (Å²) in [6.07, 6.45) is 55.4. The second kappa shape index (κ2) is 69.1. The Hall–Kier alpha value is -1.94. The number of phosphoric ester groups is 2. The van der Waals surface area contributed by atoms with Gasteiger partial charge in [-0.1, -0.05) is 357 Å². The van der Waals surface area contributed by atoms with Gasteiger partial charge in [-0.2, -0.15) is 0 Å². The van der Waals surface area contributed by atoms with Crippen LogP contribution in [0.15, 0.2) is 0 Å². The third kappa shape index (κ3) is 71.5. The zero-order valence-corrected chi connectivity index (χ0v) is 66.9. The van der Waals surface area contributed by atoms with Gasteiger partial charge in [-0.25, -0.2) is 9.13 Å². The molecule has 4 unspecified atom stereocenters. The van der Waals surface area contributed by atoms with Crippen LogP contribution in [-0.4, -0.2) is 96.7 Å². The van der Waals surface area contributed by atoms with E-state index in [9.17, 15) is 43.2 Å². The molecule has 0 aromatic heterocycles. The van der Waals surface area contributed by atoms with Crippen LogP contribution >= 0.6 is 15.6 Å². The van der Waals surface area contributed by atoms with Crippen molar-refractivity contribution >= 4 is 39.5 Å². The monoisotopic (exact) mass is 1450 g/mol. The highest BCUT2D eigenvalue weighted by Gasteiger charge is 2.30. The predicted molar refractivity (Wildman–Crippen MR) is 404 cm³/mol. The maximum atomic E-state index is 13.1. The van der Waals surface area contributed by atoms with Crippen LogP contribution in [0.3, 0.4) is 0 Å². The summed E-state index contributed by atoms with van der Waals surface area (Å²) in [6.45, 7) is 14.3. The molecule has 0 rings (SSSR count). The lowest BCUT2D eigenvalue weighted by Crippen LogP contribution is -2.30. The lowest BCUT2D eigenvalue weighted by atomic mass is 9.99. The van der Waals surface area contributed by atoms with Gasteiger partial charge in [0.1, 0.15) is 19.3 Å². The molecule has 0 fully saturated rings. The number of esters is 4. The molecule has 0 saturated carbocycles. The van der Waals surface area contributed by atoms with E-state index in [1.807, 2.05) is 0 Å². The van der Waals surface area contributed by atoms with Gasteiger partial charge in [-0.15, -0.1) is 0 Å². The normalized spacial score (nSPS) is 14.6. The fourth-order valence-corrected chi connectivity index (χ4v) is 13.8. The standard InChI is InChI=1S/C80H156O17P2/c1-9-72(7)58-50-42-34-28-30-37-45-53-61-78(83)91-67-76(97-80(85)63-55-47-39-31-29-35-43-51-59-73(8)10-2)69-95-99(88,89)93-65-74(81)64-92-98(86,87)94-68-75(66-90-77(82)60-52-44-36-26-22-19-15-17-21-25-33-41-49-57-71(5)6)96-79(84)62-54-46-38-27-23-18-14-12-11-13-16-20-24-32-40-48-56-70(3)4/h70-76,81H,9-69H2,1-8H3,(H,86,87)(H,88,89)/t72?,73?,74-,75-,76-/m1/s1. The van der Waals surface area contributed by atoms with E-state index in [1.165, 1.54) is 212 Å². The molecule has 0 heterocycles. The SMILES string of the molecule is CCC(C)CCCCCCCCCCC(=O)OC[C@H](COP(=O)(O)OC[C@H](O)COP(=O)(O)OC[C@@H](COC(=O)CCCCCCCCCCCCCCCC(C)C)OC(=O)CCCCCCCCCCCCCCCCCCC(C)C)OC(=O)CCCCCCCCCCC(C)CC. The van der Waals surface area contributed by atoms with Crippen LogP contribution in [0.25, 0.3) is 0 Å². The number of aliphatic hydroxyl groups excluding tert-OH is 1. The summed E-state index contributed by atoms with van der Waals surface area (Å²) in [5.74, 6) is 1.03. The van der Waals surface area contributed by atoms with Crippen molar-refractivity contribution in [2.75, 3.05) is 39.6 Å². The van der Waals surface area contributed by atoms with Gasteiger partial charge in [-0.05, 0) is 49.4 Å². The van der Waals surface area contributed by atoms with Crippen LogP contribution in [0.2, 0.25) is 0 Å². The summed E-state index contributed by atoms with van der Waals surface area (Å²) in [5, 5.41) is 10.6. The van der Waals surface area contributed by atoms with Crippen molar-refractivity contribution in [3.05, 3.63) is 0 Å². The minimum absolute atomic E-state index is 0.104. The van der Waals surface area contributed by atoms with Gasteiger partial charge in [-0.3, -0.25) is 37.3 Å². The maximum Gasteiger partial charge on any atom is 0.472 e. The molecule has 7 atom stereocenters. The van der Waals surface area contributed by atoms with Gasteiger partial charge in [0.05, 0.1) is 26.4 Å². The number of carbonyl (C=O) groups excluding carboxylic acids is 4. The van der Waals surface area contributed by atoms with Crippen LogP contribution in [0.5, 0.6) is 0 Å². The summed E-state index contributed by atoms with van der Waals surface area (Å²) < 4.78 is 68.7. The Balaban J connectivity index is 5.26. The number of rotatable bonds is 77. The summed E-state index contributed by atoms with van der Waals surface area (Å²) >= 11 is 0. The number of phosphoric acid groups is 2. The highest BCUT2D eigenvalue weighted by atomic mass is 31.2. The van der Waals surface area contributed by atoms with E-state index in [2.05, 4.69) is 55.4 Å². The van der Waals surface area contributed by atoms with Gasteiger partial charge in [0.25, 0.3) is 0 Å². The molecule has 19 heteroatoms. The number of aliphatic hydroxyl groups is 1. The Labute approximate surface area is 607 Å². The second-order valence-electron chi connectivity index (χ2n) is 30.2. The average molecular weight is 1450 g/mol. The predicted octanol–water partition coefficient (Wildman–Crippen LogP) is 23.6. The fourth-order valence-electron chi connectivity index (χ4n) is 12.2. The van der Waals surface area contributed by atoms with Gasteiger partial charge in [0, 0.05) is 25.7 Å². The molecule has 99 heavy (non-hydrogen) atoms. The summed E-state index contributed by atoms with van der Waals surface area (Å²) in [6, 6.07) is 0. The van der Waals surface area contributed by atoms with Crippen LogP contribution in [0.4, 0.5) is 0 Å². The first-order valence-electron chi connectivity index (χ1n) is 41.3. The van der Waals surface area contributed by atoms with Crippen LogP contribution in [-0.2, 0) is 65.4 Å². The van der Waals surface area contributed by atoms with E-state index in [0.717, 1.165) is 114 Å².